The fourth-order valence-electron chi connectivity index (χ4n) is 4.53. The maximum Gasteiger partial charge on any atom is 0.139 e. The normalized spacial score (nSPS) is 32.5. The van der Waals surface area contributed by atoms with E-state index in [1.54, 1.807) is 0 Å². The van der Waals surface area contributed by atoms with E-state index in [2.05, 4.69) is 55.4 Å². The molecule has 1 rings (SSSR count). The minimum atomic E-state index is 0.261. The van der Waals surface area contributed by atoms with Gasteiger partial charge in [0.25, 0.3) is 0 Å². The summed E-state index contributed by atoms with van der Waals surface area (Å²) in [7, 11) is 0. The predicted molar refractivity (Wildman–Crippen MR) is 87.6 cm³/mol. The van der Waals surface area contributed by atoms with Crippen LogP contribution in [0.3, 0.4) is 0 Å². The van der Waals surface area contributed by atoms with Crippen LogP contribution in [0.15, 0.2) is 0 Å². The van der Waals surface area contributed by atoms with Crippen molar-refractivity contribution in [2.45, 2.75) is 68.2 Å². The lowest BCUT2D eigenvalue weighted by atomic mass is 9.66. The van der Waals surface area contributed by atoms with Crippen LogP contribution >= 0.6 is 0 Å². The molecule has 0 spiro atoms. The molecule has 4 unspecified atom stereocenters. The Hall–Kier alpha value is -0.330. The van der Waals surface area contributed by atoms with Crippen molar-refractivity contribution in [1.29, 1.82) is 0 Å². The molecular weight excluding hydrogens is 244 g/mol. The lowest BCUT2D eigenvalue weighted by Crippen LogP contribution is -2.38. The summed E-state index contributed by atoms with van der Waals surface area (Å²) in [6.07, 6.45) is 2.34. The molecule has 0 aromatic carbocycles. The van der Waals surface area contributed by atoms with Crippen LogP contribution in [0.1, 0.15) is 68.2 Å². The number of rotatable bonds is 4. The molecule has 0 N–H and O–H groups in total. The van der Waals surface area contributed by atoms with Gasteiger partial charge in [-0.15, -0.1) is 0 Å². The van der Waals surface area contributed by atoms with Crippen LogP contribution in [0.5, 0.6) is 0 Å². The van der Waals surface area contributed by atoms with Gasteiger partial charge < -0.3 is 0 Å². The molecule has 1 aliphatic carbocycles. The highest BCUT2D eigenvalue weighted by molar-refractivity contribution is 5.84. The second-order valence-corrected chi connectivity index (χ2v) is 8.33. The number of hydrogen-bond acceptors (Lipinski definition) is 1. The number of hydrogen-bond donors (Lipinski definition) is 0. The molecule has 4 atom stereocenters. The maximum absolute atomic E-state index is 13.1. The Kier molecular flexibility index (Phi) is 6.28. The highest BCUT2D eigenvalue weighted by atomic mass is 16.1. The number of ketones is 1. The van der Waals surface area contributed by atoms with E-state index in [9.17, 15) is 4.79 Å². The van der Waals surface area contributed by atoms with Crippen LogP contribution in [0.25, 0.3) is 0 Å². The average Bonchev–Trinajstić information content (AvgIpc) is 2.45. The van der Waals surface area contributed by atoms with E-state index in [-0.39, 0.29) is 11.8 Å². The van der Waals surface area contributed by atoms with Crippen LogP contribution in [-0.4, -0.2) is 5.78 Å². The van der Waals surface area contributed by atoms with Gasteiger partial charge in [0, 0.05) is 11.8 Å². The minimum Gasteiger partial charge on any atom is -0.299 e. The molecular formula is C19H36O. The smallest absolute Gasteiger partial charge is 0.139 e. The standard InChI is InChI=1S/C19H36O/c1-11(2)15-9-10-16(12(3)4)19(20)18(14(7)8)17(15)13(5)6/h11-18H,9-10H2,1-8H3. The van der Waals surface area contributed by atoms with E-state index in [4.69, 9.17) is 0 Å². The predicted octanol–water partition coefficient (Wildman–Crippen LogP) is 5.44. The Morgan fingerprint density at radius 2 is 1.30 bits per heavy atom. The van der Waals surface area contributed by atoms with Gasteiger partial charge in [-0.3, -0.25) is 4.79 Å². The summed E-state index contributed by atoms with van der Waals surface area (Å²) in [6, 6.07) is 0. The van der Waals surface area contributed by atoms with Gasteiger partial charge in [0.1, 0.15) is 5.78 Å². The summed E-state index contributed by atoms with van der Waals surface area (Å²) < 4.78 is 0. The van der Waals surface area contributed by atoms with Crippen LogP contribution in [0.4, 0.5) is 0 Å². The Bertz CT molecular complexity index is 314. The third-order valence-corrected chi connectivity index (χ3v) is 5.56. The molecule has 0 radical (unpaired) electrons. The zero-order valence-electron chi connectivity index (χ0n) is 14.9. The molecule has 1 aliphatic rings. The van der Waals surface area contributed by atoms with E-state index >= 15 is 0 Å². The molecule has 118 valence electrons. The highest BCUT2D eigenvalue weighted by Crippen LogP contribution is 2.45. The third-order valence-electron chi connectivity index (χ3n) is 5.56. The van der Waals surface area contributed by atoms with E-state index in [0.717, 1.165) is 6.42 Å². The van der Waals surface area contributed by atoms with Crippen LogP contribution in [0, 0.1) is 47.3 Å². The first-order valence-electron chi connectivity index (χ1n) is 8.72. The van der Waals surface area contributed by atoms with Gasteiger partial charge in [-0.25, -0.2) is 0 Å². The number of Topliss-reactive ketones (excluding diaryl/α,β-unsaturated/α-hetero) is 1. The summed E-state index contributed by atoms with van der Waals surface area (Å²) in [5.41, 5.74) is 0. The van der Waals surface area contributed by atoms with Crippen LogP contribution in [0.2, 0.25) is 0 Å². The molecule has 20 heavy (non-hydrogen) atoms. The van der Waals surface area contributed by atoms with Gasteiger partial charge in [-0.1, -0.05) is 55.4 Å². The SMILES string of the molecule is CC(C)C1CCC(C(C)C)C(C(C)C)C(C(C)C)C1=O. The van der Waals surface area contributed by atoms with E-state index in [0.29, 0.717) is 41.3 Å². The molecule has 1 fully saturated rings. The fourth-order valence-corrected chi connectivity index (χ4v) is 4.53. The van der Waals surface area contributed by atoms with Crippen molar-refractivity contribution in [3.8, 4) is 0 Å². The first kappa shape index (κ1) is 17.7. The first-order chi connectivity index (χ1) is 9.18. The Morgan fingerprint density at radius 3 is 1.65 bits per heavy atom. The molecule has 0 saturated heterocycles. The molecule has 0 heterocycles. The van der Waals surface area contributed by atoms with E-state index < -0.39 is 0 Å². The molecule has 0 aromatic heterocycles. The van der Waals surface area contributed by atoms with Gasteiger partial charge in [-0.05, 0) is 48.3 Å². The third kappa shape index (κ3) is 3.65. The van der Waals surface area contributed by atoms with Crippen LogP contribution in [-0.2, 0) is 4.79 Å². The lowest BCUT2D eigenvalue weighted by molar-refractivity contribution is -0.132. The minimum absolute atomic E-state index is 0.261. The molecule has 0 aromatic rings. The summed E-state index contributed by atoms with van der Waals surface area (Å²) >= 11 is 0. The molecule has 1 heteroatoms. The van der Waals surface area contributed by atoms with Crippen molar-refractivity contribution in [2.24, 2.45) is 47.3 Å². The zero-order valence-corrected chi connectivity index (χ0v) is 14.9. The topological polar surface area (TPSA) is 17.1 Å². The average molecular weight is 280 g/mol. The maximum atomic E-state index is 13.1. The van der Waals surface area contributed by atoms with E-state index in [1.807, 2.05) is 0 Å². The summed E-state index contributed by atoms with van der Waals surface area (Å²) in [5, 5.41) is 0. The lowest BCUT2D eigenvalue weighted by Gasteiger charge is -2.38. The molecule has 0 bridgehead atoms. The Labute approximate surface area is 126 Å². The monoisotopic (exact) mass is 280 g/mol. The Morgan fingerprint density at radius 1 is 0.750 bits per heavy atom. The molecule has 0 amide bonds. The molecule has 0 aliphatic heterocycles. The van der Waals surface area contributed by atoms with Gasteiger partial charge >= 0.3 is 0 Å². The Balaban J connectivity index is 3.21. The van der Waals surface area contributed by atoms with Gasteiger partial charge in [0.05, 0.1) is 0 Å². The second kappa shape index (κ2) is 7.09. The summed E-state index contributed by atoms with van der Waals surface area (Å²) in [4.78, 5) is 13.1. The highest BCUT2D eigenvalue weighted by Gasteiger charge is 2.44. The largest absolute Gasteiger partial charge is 0.299 e. The first-order valence-corrected chi connectivity index (χ1v) is 8.72. The van der Waals surface area contributed by atoms with Crippen molar-refractivity contribution >= 4 is 5.78 Å². The van der Waals surface area contributed by atoms with Crippen molar-refractivity contribution in [3.63, 3.8) is 0 Å². The number of carbonyl (C=O) groups excluding carboxylic acids is 1. The van der Waals surface area contributed by atoms with Crippen molar-refractivity contribution in [2.75, 3.05) is 0 Å². The summed E-state index contributed by atoms with van der Waals surface area (Å²) in [6.45, 7) is 18.3. The summed E-state index contributed by atoms with van der Waals surface area (Å²) in [5.74, 6) is 4.62. The van der Waals surface area contributed by atoms with Gasteiger partial charge in [0.2, 0.25) is 0 Å². The fraction of sp³-hybridized carbons (Fsp3) is 0.947. The van der Waals surface area contributed by atoms with Crippen molar-refractivity contribution in [3.05, 3.63) is 0 Å². The molecule has 1 saturated carbocycles. The molecule has 1 nitrogen and oxygen atoms in total. The second-order valence-electron chi connectivity index (χ2n) is 8.33. The number of carbonyl (C=O) groups is 1. The quantitative estimate of drug-likeness (QED) is 0.627. The van der Waals surface area contributed by atoms with Crippen molar-refractivity contribution in [1.82, 2.24) is 0 Å². The zero-order chi connectivity index (χ0) is 15.6. The van der Waals surface area contributed by atoms with Gasteiger partial charge in [0.15, 0.2) is 0 Å². The van der Waals surface area contributed by atoms with Crippen molar-refractivity contribution < 1.29 is 4.79 Å². The van der Waals surface area contributed by atoms with Gasteiger partial charge in [-0.2, -0.15) is 0 Å². The van der Waals surface area contributed by atoms with E-state index in [1.165, 1.54) is 6.42 Å². The van der Waals surface area contributed by atoms with Crippen LogP contribution < -0.4 is 0 Å².